The molecule has 10 N–H and O–H groups in total. The average Bonchev–Trinajstić information content (AvgIpc) is 3.15. The molecule has 4 saturated carbocycles. The number of allylic oxidation sites excluding steroid dienone is 2. The monoisotopic (exact) mass is 812 g/mol. The van der Waals surface area contributed by atoms with Crippen molar-refractivity contribution in [3.8, 4) is 0 Å². The van der Waals surface area contributed by atoms with Crippen LogP contribution in [0.4, 0.5) is 0 Å². The number of ether oxygens (including phenoxy) is 4. The van der Waals surface area contributed by atoms with Crippen molar-refractivity contribution in [3.63, 3.8) is 0 Å². The van der Waals surface area contributed by atoms with E-state index in [-0.39, 0.29) is 40.6 Å². The lowest BCUT2D eigenvalue weighted by Crippen LogP contribution is -2.70. The van der Waals surface area contributed by atoms with Crippen LogP contribution in [0.3, 0.4) is 0 Å². The summed E-state index contributed by atoms with van der Waals surface area (Å²) in [6.07, 6.45) is -10.0. The first kappa shape index (κ1) is 43.8. The number of hydrogen-bond acceptors (Lipinski definition) is 14. The van der Waals surface area contributed by atoms with Crippen molar-refractivity contribution in [2.24, 2.45) is 50.2 Å². The zero-order valence-electron chi connectivity index (χ0n) is 34.2. The number of rotatable bonds is 8. The molecule has 2 heterocycles. The number of carboxylic acid groups (broad SMARTS) is 1. The maximum absolute atomic E-state index is 13.1. The molecule has 5 aliphatic carbocycles. The Morgan fingerprint density at radius 2 is 1.35 bits per heavy atom. The molecule has 0 aromatic rings. The molecule has 0 bridgehead atoms. The number of aliphatic carboxylic acids is 1. The van der Waals surface area contributed by atoms with Crippen LogP contribution in [0, 0.1) is 50.2 Å². The van der Waals surface area contributed by atoms with Crippen LogP contribution in [0.5, 0.6) is 0 Å². The Morgan fingerprint density at radius 3 is 1.96 bits per heavy atom. The summed E-state index contributed by atoms with van der Waals surface area (Å²) in [6, 6.07) is 0. The Morgan fingerprint density at radius 1 is 0.737 bits per heavy atom. The molecule has 20 unspecified atom stereocenters. The highest BCUT2D eigenvalue weighted by Gasteiger charge is 2.71. The minimum atomic E-state index is -1.84. The Balaban J connectivity index is 1.19. The molecular formula is C42H68O15. The van der Waals surface area contributed by atoms with Crippen LogP contribution in [0.2, 0.25) is 0 Å². The van der Waals surface area contributed by atoms with E-state index in [0.29, 0.717) is 32.1 Å². The lowest BCUT2D eigenvalue weighted by atomic mass is 9.33. The number of hydrogen-bond donors (Lipinski definition) is 10. The smallest absolute Gasteiger partial charge is 0.310 e. The summed E-state index contributed by atoms with van der Waals surface area (Å²) in [5, 5.41) is 108. The van der Waals surface area contributed by atoms with Gasteiger partial charge < -0.3 is 70.0 Å². The fourth-order valence-corrected chi connectivity index (χ4v) is 13.8. The third-order valence-corrected chi connectivity index (χ3v) is 17.4. The Labute approximate surface area is 335 Å². The number of carbonyl (C=O) groups is 1. The normalized spacial score (nSPS) is 54.7. The van der Waals surface area contributed by atoms with Crippen LogP contribution in [-0.2, 0) is 23.7 Å². The lowest BCUT2D eigenvalue weighted by molar-refractivity contribution is -0.384. The molecule has 2 aliphatic heterocycles. The van der Waals surface area contributed by atoms with Gasteiger partial charge in [0, 0.05) is 5.41 Å². The number of fused-ring (bicyclic) bond motifs is 7. The maximum Gasteiger partial charge on any atom is 0.310 e. The van der Waals surface area contributed by atoms with E-state index in [1.807, 2.05) is 6.92 Å². The highest BCUT2D eigenvalue weighted by atomic mass is 16.8. The second-order valence-electron chi connectivity index (χ2n) is 20.7. The molecule has 15 nitrogen and oxygen atoms in total. The summed E-state index contributed by atoms with van der Waals surface area (Å²) in [5.74, 6) is -0.836. The molecule has 57 heavy (non-hydrogen) atoms. The fraction of sp³-hybridized carbons (Fsp3) is 0.929. The minimum Gasteiger partial charge on any atom is -0.481 e. The fourth-order valence-electron chi connectivity index (χ4n) is 13.8. The van der Waals surface area contributed by atoms with Gasteiger partial charge in [0.15, 0.2) is 12.6 Å². The van der Waals surface area contributed by atoms with Gasteiger partial charge in [0.2, 0.25) is 0 Å². The molecule has 7 rings (SSSR count). The molecule has 2 saturated heterocycles. The highest BCUT2D eigenvalue weighted by molar-refractivity contribution is 5.76. The molecule has 0 radical (unpaired) electrons. The van der Waals surface area contributed by atoms with Crippen LogP contribution in [0.1, 0.15) is 99.3 Å². The van der Waals surface area contributed by atoms with Gasteiger partial charge in [-0.2, -0.15) is 0 Å². The second-order valence-corrected chi connectivity index (χ2v) is 20.7. The molecule has 6 fully saturated rings. The molecular weight excluding hydrogens is 744 g/mol. The largest absolute Gasteiger partial charge is 0.481 e. The average molecular weight is 813 g/mol. The first-order chi connectivity index (χ1) is 26.6. The van der Waals surface area contributed by atoms with E-state index in [1.165, 1.54) is 5.57 Å². The third kappa shape index (κ3) is 6.43. The van der Waals surface area contributed by atoms with Crippen molar-refractivity contribution >= 4 is 5.97 Å². The molecule has 15 heteroatoms. The van der Waals surface area contributed by atoms with E-state index in [4.69, 9.17) is 18.9 Å². The van der Waals surface area contributed by atoms with Gasteiger partial charge >= 0.3 is 5.97 Å². The van der Waals surface area contributed by atoms with E-state index in [1.54, 1.807) is 0 Å². The molecule has 0 amide bonds. The Bertz CT molecular complexity index is 1540. The van der Waals surface area contributed by atoms with Crippen molar-refractivity contribution in [3.05, 3.63) is 11.6 Å². The van der Waals surface area contributed by atoms with Crippen molar-refractivity contribution in [1.29, 1.82) is 0 Å². The van der Waals surface area contributed by atoms with Crippen molar-refractivity contribution < 1.29 is 74.8 Å². The van der Waals surface area contributed by atoms with E-state index in [0.717, 1.165) is 25.7 Å². The van der Waals surface area contributed by atoms with Gasteiger partial charge in [-0.25, -0.2) is 0 Å². The van der Waals surface area contributed by atoms with Crippen LogP contribution in [0.15, 0.2) is 11.6 Å². The Kier molecular flexibility index (Phi) is 11.5. The standard InChI is InChI=1S/C42H68O15/c1-37(2)11-13-42(36(52)53)14-12-40(5)20(21(42)15-37)7-8-26-38(3)16-22(46)33(39(4,19-45)25(38)9-10-41(26,40)6)57-35-32(30(50)28(48)24(18-44)55-35)56-34-31(51)29(49)27(47)23(17-43)54-34/h7,21-35,43-51H,8-19H2,1-6H3,(H,52,53). The molecule has 0 aromatic carbocycles. The molecule has 20 atom stereocenters. The molecule has 0 spiro atoms. The summed E-state index contributed by atoms with van der Waals surface area (Å²) < 4.78 is 24.0. The zero-order chi connectivity index (χ0) is 41.8. The predicted octanol–water partition coefficient (Wildman–Crippen LogP) is 0.825. The van der Waals surface area contributed by atoms with Crippen LogP contribution >= 0.6 is 0 Å². The SMILES string of the molecule is CC1(C)CCC2(C(=O)O)CCC3(C)C(=CCC4C5(C)CC(O)C(OC6OC(CO)C(O)C(O)C6OC6OC(CO)C(O)C(O)C6O)C(C)(CO)C5CCC43C)C2C1. The lowest BCUT2D eigenvalue weighted by Gasteiger charge is -2.71. The van der Waals surface area contributed by atoms with E-state index in [9.17, 15) is 55.9 Å². The number of carboxylic acids is 1. The van der Waals surface area contributed by atoms with Crippen molar-refractivity contribution in [2.75, 3.05) is 19.8 Å². The minimum absolute atomic E-state index is 0.0295. The Hall–Kier alpha value is -1.31. The van der Waals surface area contributed by atoms with Gasteiger partial charge in [0.05, 0.1) is 37.4 Å². The van der Waals surface area contributed by atoms with Crippen LogP contribution in [0.25, 0.3) is 0 Å². The van der Waals surface area contributed by atoms with E-state index in [2.05, 4.69) is 40.7 Å². The summed E-state index contributed by atoms with van der Waals surface area (Å²) in [6.45, 7) is 11.4. The van der Waals surface area contributed by atoms with Crippen molar-refractivity contribution in [2.45, 2.75) is 173 Å². The van der Waals surface area contributed by atoms with Crippen LogP contribution < -0.4 is 0 Å². The predicted molar refractivity (Wildman–Crippen MR) is 201 cm³/mol. The van der Waals surface area contributed by atoms with Gasteiger partial charge in [0.1, 0.15) is 48.8 Å². The van der Waals surface area contributed by atoms with Crippen LogP contribution in [-0.4, -0.2) is 150 Å². The van der Waals surface area contributed by atoms with Gasteiger partial charge in [-0.05, 0) is 97.2 Å². The summed E-state index contributed by atoms with van der Waals surface area (Å²) in [4.78, 5) is 13.1. The van der Waals surface area contributed by atoms with E-state index < -0.39 is 109 Å². The van der Waals surface area contributed by atoms with Gasteiger partial charge in [-0.3, -0.25) is 4.79 Å². The van der Waals surface area contributed by atoms with Gasteiger partial charge in [0.25, 0.3) is 0 Å². The molecule has 326 valence electrons. The third-order valence-electron chi connectivity index (χ3n) is 17.4. The second kappa shape index (κ2) is 14.9. The maximum atomic E-state index is 13.1. The van der Waals surface area contributed by atoms with Gasteiger partial charge in [-0.1, -0.05) is 53.2 Å². The summed E-state index contributed by atoms with van der Waals surface area (Å²) >= 11 is 0. The molecule has 0 aromatic heterocycles. The zero-order valence-corrected chi connectivity index (χ0v) is 34.2. The summed E-state index contributed by atoms with van der Waals surface area (Å²) in [7, 11) is 0. The van der Waals surface area contributed by atoms with Gasteiger partial charge in [-0.15, -0.1) is 0 Å². The summed E-state index contributed by atoms with van der Waals surface area (Å²) in [5.41, 5.74) is -1.53. The van der Waals surface area contributed by atoms with Crippen molar-refractivity contribution in [1.82, 2.24) is 0 Å². The number of aliphatic hydroxyl groups is 9. The molecule has 7 aliphatic rings. The van der Waals surface area contributed by atoms with E-state index >= 15 is 0 Å². The first-order valence-electron chi connectivity index (χ1n) is 21.1. The topological polar surface area (TPSA) is 256 Å². The first-order valence-corrected chi connectivity index (χ1v) is 21.1. The highest BCUT2D eigenvalue weighted by Crippen LogP contribution is 2.76. The quantitative estimate of drug-likeness (QED) is 0.120. The number of aliphatic hydroxyl groups excluding tert-OH is 9.